The number of likely N-dealkylation sites (tertiary alicyclic amines) is 1. The molecule has 4 aromatic rings. The maximum absolute atomic E-state index is 16.0. The quantitative estimate of drug-likeness (QED) is 0.174. The Kier molecular flexibility index (Phi) is 9.19. The molecule has 5 aliphatic rings. The van der Waals surface area contributed by atoms with Crippen molar-refractivity contribution in [2.45, 2.75) is 57.2 Å². The molecule has 1 atom stereocenters. The molecule has 1 saturated carbocycles. The number of pyridine rings is 1. The first-order valence-electron chi connectivity index (χ1n) is 19.3. The van der Waals surface area contributed by atoms with E-state index in [0.29, 0.717) is 18.7 Å². The van der Waals surface area contributed by atoms with E-state index in [2.05, 4.69) is 61.2 Å². The van der Waals surface area contributed by atoms with Gasteiger partial charge in [-0.1, -0.05) is 35.9 Å². The molecule has 2 aromatic heterocycles. The van der Waals surface area contributed by atoms with Crippen LogP contribution in [0.15, 0.2) is 67.0 Å². The molecule has 1 unspecified atom stereocenters. The molecule has 6 heterocycles. The maximum atomic E-state index is 16.0. The Balaban J connectivity index is 0.814. The summed E-state index contributed by atoms with van der Waals surface area (Å²) >= 11 is 6.34. The Bertz CT molecular complexity index is 2300. The van der Waals surface area contributed by atoms with Crippen LogP contribution in [0.1, 0.15) is 65.1 Å². The molecule has 4 amide bonds. The highest BCUT2D eigenvalue weighted by molar-refractivity contribution is 6.34. The highest BCUT2D eigenvalue weighted by Crippen LogP contribution is 2.52. The third-order valence-corrected chi connectivity index (χ3v) is 12.7. The summed E-state index contributed by atoms with van der Waals surface area (Å²) in [6.07, 6.45) is 8.42. The molecular formula is C41H43ClF2N10O3. The van der Waals surface area contributed by atoms with Gasteiger partial charge in [-0.2, -0.15) is 0 Å². The number of anilines is 2. The summed E-state index contributed by atoms with van der Waals surface area (Å²) in [7, 11) is 1.82. The minimum Gasteiger partial charge on any atom is -0.385 e. The summed E-state index contributed by atoms with van der Waals surface area (Å²) < 4.78 is 33.6. The van der Waals surface area contributed by atoms with E-state index in [1.54, 1.807) is 4.68 Å². The first-order chi connectivity index (χ1) is 27.4. The lowest BCUT2D eigenvalue weighted by atomic mass is 9.64. The second-order valence-electron chi connectivity index (χ2n) is 15.8. The van der Waals surface area contributed by atoms with E-state index in [-0.39, 0.29) is 46.5 Å². The van der Waals surface area contributed by atoms with Crippen LogP contribution in [0.2, 0.25) is 5.02 Å². The van der Waals surface area contributed by atoms with Crippen molar-refractivity contribution in [1.29, 1.82) is 0 Å². The number of hydrogen-bond acceptors (Lipinski definition) is 9. The van der Waals surface area contributed by atoms with Gasteiger partial charge >= 0.3 is 6.03 Å². The van der Waals surface area contributed by atoms with E-state index < -0.39 is 29.7 Å². The van der Waals surface area contributed by atoms with Crippen LogP contribution in [-0.2, 0) is 23.7 Å². The number of imidazole rings is 1. The summed E-state index contributed by atoms with van der Waals surface area (Å²) in [5.74, 6) is -4.26. The zero-order valence-electron chi connectivity index (χ0n) is 31.4. The first kappa shape index (κ1) is 37.1. The number of nitrogens with two attached hydrogens (primary N) is 1. The lowest BCUT2D eigenvalue weighted by Gasteiger charge is -2.54. The van der Waals surface area contributed by atoms with Crippen molar-refractivity contribution >= 4 is 46.5 Å². The molecule has 1 aliphatic carbocycles. The van der Waals surface area contributed by atoms with Gasteiger partial charge in [0.15, 0.2) is 5.82 Å². The maximum Gasteiger partial charge on any atom is 0.328 e. The van der Waals surface area contributed by atoms with Gasteiger partial charge in [0.2, 0.25) is 5.91 Å². The third-order valence-electron chi connectivity index (χ3n) is 12.4. The average Bonchev–Trinajstić information content (AvgIpc) is 3.83. The number of alkyl halides is 2. The van der Waals surface area contributed by atoms with Crippen LogP contribution in [0, 0.1) is 11.3 Å². The number of aromatic nitrogens is 3. The van der Waals surface area contributed by atoms with Gasteiger partial charge in [-0.05, 0) is 79.0 Å². The smallest absolute Gasteiger partial charge is 0.328 e. The van der Waals surface area contributed by atoms with Gasteiger partial charge in [-0.3, -0.25) is 35.1 Å². The van der Waals surface area contributed by atoms with Gasteiger partial charge in [0, 0.05) is 75.1 Å². The fraction of sp³-hybridized carbons (Fsp3) is 0.390. The van der Waals surface area contributed by atoms with Gasteiger partial charge in [-0.15, -0.1) is 0 Å². The molecule has 16 heteroatoms. The highest BCUT2D eigenvalue weighted by atomic mass is 35.5. The number of fused-ring (bicyclic) bond motifs is 2. The molecule has 1 spiro atoms. The zero-order valence-corrected chi connectivity index (χ0v) is 32.2. The van der Waals surface area contributed by atoms with E-state index >= 15 is 8.78 Å². The van der Waals surface area contributed by atoms with Crippen LogP contribution in [-0.4, -0.2) is 76.8 Å². The van der Waals surface area contributed by atoms with Crippen LogP contribution < -0.4 is 31.6 Å². The molecule has 3 fully saturated rings. The van der Waals surface area contributed by atoms with Crippen molar-refractivity contribution < 1.29 is 23.2 Å². The fourth-order valence-electron chi connectivity index (χ4n) is 9.41. The molecular weight excluding hydrogens is 754 g/mol. The van der Waals surface area contributed by atoms with Gasteiger partial charge in [0.05, 0.1) is 28.3 Å². The normalized spacial score (nSPS) is 20.7. The predicted molar refractivity (Wildman–Crippen MR) is 212 cm³/mol. The molecule has 9 rings (SSSR count). The van der Waals surface area contributed by atoms with Crippen LogP contribution in [0.25, 0.3) is 17.0 Å². The monoisotopic (exact) mass is 796 g/mol. The number of urea groups is 1. The number of nitrogens with one attached hydrogen (secondary N) is 3. The van der Waals surface area contributed by atoms with Crippen molar-refractivity contribution in [3.05, 3.63) is 100 Å². The Morgan fingerprint density at radius 1 is 1.04 bits per heavy atom. The average molecular weight is 797 g/mol. The second-order valence-corrected chi connectivity index (χ2v) is 16.2. The van der Waals surface area contributed by atoms with Gasteiger partial charge in [0.25, 0.3) is 11.8 Å². The third kappa shape index (κ3) is 6.55. The Hall–Kier alpha value is -5.54. The molecule has 4 aliphatic heterocycles. The number of rotatable bonds is 9. The van der Waals surface area contributed by atoms with Crippen molar-refractivity contribution in [3.8, 4) is 11.3 Å². The predicted octanol–water partition coefficient (Wildman–Crippen LogP) is 5.43. The van der Waals surface area contributed by atoms with Crippen molar-refractivity contribution in [1.82, 2.24) is 30.2 Å². The van der Waals surface area contributed by atoms with E-state index in [0.717, 1.165) is 73.6 Å². The van der Waals surface area contributed by atoms with Gasteiger partial charge in [-0.25, -0.2) is 23.2 Å². The van der Waals surface area contributed by atoms with E-state index in [1.165, 1.54) is 34.9 Å². The number of benzene rings is 2. The zero-order chi connectivity index (χ0) is 39.6. The lowest BCUT2D eigenvalue weighted by molar-refractivity contribution is -0.120. The van der Waals surface area contributed by atoms with E-state index in [1.807, 2.05) is 19.3 Å². The number of carbonyl (C=O) groups is 3. The number of primary amides is 1. The molecule has 57 heavy (non-hydrogen) atoms. The Morgan fingerprint density at radius 3 is 2.56 bits per heavy atom. The van der Waals surface area contributed by atoms with E-state index in [9.17, 15) is 14.4 Å². The van der Waals surface area contributed by atoms with Crippen molar-refractivity contribution in [2.75, 3.05) is 48.5 Å². The summed E-state index contributed by atoms with van der Waals surface area (Å²) in [5, 5.41) is 5.61. The Labute approximate surface area is 333 Å². The number of amides is 4. The minimum absolute atomic E-state index is 0.0389. The van der Waals surface area contributed by atoms with Crippen LogP contribution >= 0.6 is 11.6 Å². The van der Waals surface area contributed by atoms with Crippen LogP contribution in [0.4, 0.5) is 25.0 Å². The molecule has 2 saturated heterocycles. The van der Waals surface area contributed by atoms with Gasteiger partial charge in [0.1, 0.15) is 11.9 Å². The fourth-order valence-corrected chi connectivity index (χ4v) is 9.63. The summed E-state index contributed by atoms with van der Waals surface area (Å²) in [4.78, 5) is 51.3. The first-order valence-corrected chi connectivity index (χ1v) is 19.7. The number of imide groups is 1. The summed E-state index contributed by atoms with van der Waals surface area (Å²) in [6, 6.07) is 13.9. The molecule has 296 valence electrons. The topological polar surface area (TPSA) is 154 Å². The number of hydrogen-bond donors (Lipinski definition) is 4. The lowest BCUT2D eigenvalue weighted by Crippen LogP contribution is -2.57. The largest absolute Gasteiger partial charge is 0.385 e. The standard InChI is InChI=1S/C41H43ClF2N10O3/c1-46-31-18-35(50-54-34(37(45)56)20-48-38(31)54)52-15-11-28-27(3-2-4-32(28)52)30-8-5-24(19-47-30)21-51-22-40(23-51)13-9-25(10-14-40)41(43,44)26-6-7-29(42)33(17-26)53-16-12-36(55)49-39(53)57/h2-8,17-20,25,35,46,50H,9-16,21-23H2,1H3,(H2,45,56)(H,49,55,57). The van der Waals surface area contributed by atoms with Gasteiger partial charge < -0.3 is 16.0 Å². The Morgan fingerprint density at radius 2 is 1.84 bits per heavy atom. The minimum atomic E-state index is -3.09. The molecule has 2 aromatic carbocycles. The number of nitrogens with zero attached hydrogens (tertiary/aromatic N) is 6. The summed E-state index contributed by atoms with van der Waals surface area (Å²) in [6.45, 7) is 3.33. The highest BCUT2D eigenvalue weighted by Gasteiger charge is 2.51. The second kappa shape index (κ2) is 14.1. The molecule has 0 bridgehead atoms. The van der Waals surface area contributed by atoms with Crippen molar-refractivity contribution in [3.63, 3.8) is 0 Å². The molecule has 0 radical (unpaired) electrons. The van der Waals surface area contributed by atoms with Crippen LogP contribution in [0.5, 0.6) is 0 Å². The number of carbonyl (C=O) groups excluding carboxylic acids is 3. The van der Waals surface area contributed by atoms with Crippen molar-refractivity contribution in [2.24, 2.45) is 17.1 Å². The number of halogens is 3. The molecule has 13 nitrogen and oxygen atoms in total. The SMILES string of the molecule is CNC1=CC(N2CCc3c(-c4ccc(CN5CC6(CCC(C(F)(F)c7ccc(Cl)c(N8CCC(=O)NC8=O)c7)CC6)C5)cn4)cccc32)Nn2c(C(N)=O)cnc21. The van der Waals surface area contributed by atoms with E-state index in [4.69, 9.17) is 22.3 Å². The molecule has 5 N–H and O–H groups in total. The van der Waals surface area contributed by atoms with Crippen LogP contribution in [0.3, 0.4) is 0 Å². The summed E-state index contributed by atoms with van der Waals surface area (Å²) in [5.41, 5.74) is 15.6.